The van der Waals surface area contributed by atoms with Gasteiger partial charge in [-0.3, -0.25) is 4.79 Å². The monoisotopic (exact) mass is 271 g/mol. The smallest absolute Gasteiger partial charge is 0.172 e. The van der Waals surface area contributed by atoms with Gasteiger partial charge < -0.3 is 4.74 Å². The summed E-state index contributed by atoms with van der Waals surface area (Å²) in [6, 6.07) is 7.70. The fraction of sp³-hybridized carbons (Fsp3) is 0.400. The molecule has 0 N–H and O–H groups in total. The lowest BCUT2D eigenvalue weighted by molar-refractivity contribution is 0.111. The fourth-order valence-corrected chi connectivity index (χ4v) is 2.49. The molecule has 5 heteroatoms. The highest BCUT2D eigenvalue weighted by atomic mass is 16.5. The van der Waals surface area contributed by atoms with Crippen molar-refractivity contribution in [3.05, 3.63) is 35.7 Å². The molecule has 3 rings (SSSR count). The van der Waals surface area contributed by atoms with Gasteiger partial charge in [-0.25, -0.2) is 4.68 Å². The van der Waals surface area contributed by atoms with Crippen LogP contribution in [0.1, 0.15) is 48.3 Å². The average Bonchev–Trinajstić information content (AvgIpc) is 2.82. The van der Waals surface area contributed by atoms with Gasteiger partial charge in [-0.15, -0.1) is 5.10 Å². The second-order valence-corrected chi connectivity index (χ2v) is 4.94. The quantitative estimate of drug-likeness (QED) is 0.785. The van der Waals surface area contributed by atoms with Gasteiger partial charge in [-0.05, 0) is 44.0 Å². The van der Waals surface area contributed by atoms with Crippen molar-refractivity contribution in [1.29, 1.82) is 0 Å². The molecule has 0 saturated heterocycles. The highest BCUT2D eigenvalue weighted by Gasteiger charge is 2.28. The van der Waals surface area contributed by atoms with Gasteiger partial charge in [0.05, 0.1) is 18.0 Å². The minimum atomic E-state index is 0.400. The van der Waals surface area contributed by atoms with Crippen LogP contribution in [0.3, 0.4) is 0 Å². The summed E-state index contributed by atoms with van der Waals surface area (Å²) < 4.78 is 7.21. The van der Waals surface area contributed by atoms with Crippen molar-refractivity contribution in [3.63, 3.8) is 0 Å². The summed E-state index contributed by atoms with van der Waals surface area (Å²) >= 11 is 0. The molecule has 2 aromatic rings. The van der Waals surface area contributed by atoms with E-state index >= 15 is 0 Å². The maximum Gasteiger partial charge on any atom is 0.172 e. The lowest BCUT2D eigenvalue weighted by Gasteiger charge is -2.26. The molecule has 1 aromatic heterocycles. The van der Waals surface area contributed by atoms with E-state index in [2.05, 4.69) is 10.3 Å². The van der Waals surface area contributed by atoms with Crippen LogP contribution in [0, 0.1) is 0 Å². The van der Waals surface area contributed by atoms with Crippen LogP contribution in [-0.4, -0.2) is 27.9 Å². The Morgan fingerprint density at radius 1 is 1.35 bits per heavy atom. The predicted octanol–water partition coefficient (Wildman–Crippen LogP) is 2.75. The zero-order valence-corrected chi connectivity index (χ0v) is 11.5. The van der Waals surface area contributed by atoms with E-state index in [4.69, 9.17) is 4.74 Å². The second kappa shape index (κ2) is 5.45. The van der Waals surface area contributed by atoms with E-state index in [-0.39, 0.29) is 0 Å². The van der Waals surface area contributed by atoms with Crippen LogP contribution in [0.5, 0.6) is 5.75 Å². The minimum Gasteiger partial charge on any atom is -0.494 e. The first kappa shape index (κ1) is 12.8. The molecular formula is C15H17N3O2. The van der Waals surface area contributed by atoms with Crippen LogP contribution in [0.2, 0.25) is 0 Å². The summed E-state index contributed by atoms with van der Waals surface area (Å²) in [5.74, 6) is 1.23. The van der Waals surface area contributed by atoms with Crippen molar-refractivity contribution in [2.45, 2.75) is 32.1 Å². The van der Waals surface area contributed by atoms with Crippen molar-refractivity contribution in [2.24, 2.45) is 0 Å². The number of hydrogen-bond acceptors (Lipinski definition) is 4. The molecule has 1 aliphatic carbocycles. The Morgan fingerprint density at radius 2 is 2.10 bits per heavy atom. The summed E-state index contributed by atoms with van der Waals surface area (Å²) in [6.07, 6.45) is 4.21. The number of carbonyl (C=O) groups excluding carboxylic acids is 1. The molecule has 1 aromatic carbocycles. The van der Waals surface area contributed by atoms with Gasteiger partial charge in [-0.2, -0.15) is 0 Å². The Labute approximate surface area is 117 Å². The second-order valence-electron chi connectivity index (χ2n) is 4.94. The number of aromatic nitrogens is 3. The van der Waals surface area contributed by atoms with Gasteiger partial charge >= 0.3 is 0 Å². The number of carbonyl (C=O) groups is 1. The van der Waals surface area contributed by atoms with Crippen LogP contribution in [0.4, 0.5) is 0 Å². The normalized spacial score (nSPS) is 14.8. The van der Waals surface area contributed by atoms with Crippen molar-refractivity contribution in [2.75, 3.05) is 6.61 Å². The first-order valence-electron chi connectivity index (χ1n) is 6.97. The predicted molar refractivity (Wildman–Crippen MR) is 74.5 cm³/mol. The summed E-state index contributed by atoms with van der Waals surface area (Å²) in [6.45, 7) is 2.60. The van der Waals surface area contributed by atoms with Crippen LogP contribution in [-0.2, 0) is 0 Å². The number of ether oxygens (including phenoxy) is 1. The molecule has 0 spiro atoms. The third kappa shape index (κ3) is 2.19. The topological polar surface area (TPSA) is 57.0 Å². The van der Waals surface area contributed by atoms with Gasteiger partial charge in [0.1, 0.15) is 11.4 Å². The van der Waals surface area contributed by atoms with E-state index in [1.54, 1.807) is 4.68 Å². The van der Waals surface area contributed by atoms with E-state index in [0.717, 1.165) is 36.3 Å². The maximum absolute atomic E-state index is 11.1. The van der Waals surface area contributed by atoms with E-state index in [0.29, 0.717) is 18.2 Å². The molecule has 20 heavy (non-hydrogen) atoms. The van der Waals surface area contributed by atoms with Crippen molar-refractivity contribution >= 4 is 6.29 Å². The number of nitrogens with zero attached hydrogens (tertiary/aromatic N) is 3. The molecule has 0 radical (unpaired) electrons. The fourth-order valence-electron chi connectivity index (χ4n) is 2.49. The van der Waals surface area contributed by atoms with Crippen molar-refractivity contribution < 1.29 is 9.53 Å². The molecule has 1 heterocycles. The van der Waals surface area contributed by atoms with Gasteiger partial charge in [0.15, 0.2) is 6.29 Å². The Bertz CT molecular complexity index is 600. The Hall–Kier alpha value is -2.17. The molecule has 0 bridgehead atoms. The summed E-state index contributed by atoms with van der Waals surface area (Å²) in [4.78, 5) is 11.1. The summed E-state index contributed by atoms with van der Waals surface area (Å²) in [7, 11) is 0. The van der Waals surface area contributed by atoms with Gasteiger partial charge in [0.25, 0.3) is 0 Å². The standard InChI is InChI=1S/C15H17N3O2/c1-2-20-13-8-6-12(7-9-13)18-15(11-4-3-5-11)14(10-19)16-17-18/h6-11H,2-5H2,1H3. The summed E-state index contributed by atoms with van der Waals surface area (Å²) in [5, 5.41) is 8.12. The van der Waals surface area contributed by atoms with E-state index < -0.39 is 0 Å². The lowest BCUT2D eigenvalue weighted by atomic mass is 9.82. The average molecular weight is 271 g/mol. The minimum absolute atomic E-state index is 0.400. The molecule has 1 saturated carbocycles. The maximum atomic E-state index is 11.1. The van der Waals surface area contributed by atoms with Crippen molar-refractivity contribution in [3.8, 4) is 11.4 Å². The molecule has 5 nitrogen and oxygen atoms in total. The van der Waals surface area contributed by atoms with E-state index in [1.807, 2.05) is 31.2 Å². The molecule has 0 unspecified atom stereocenters. The van der Waals surface area contributed by atoms with Gasteiger partial charge in [-0.1, -0.05) is 11.6 Å². The Balaban J connectivity index is 1.96. The van der Waals surface area contributed by atoms with Crippen LogP contribution < -0.4 is 4.74 Å². The summed E-state index contributed by atoms with van der Waals surface area (Å²) in [5.41, 5.74) is 2.31. The zero-order valence-electron chi connectivity index (χ0n) is 11.5. The molecule has 0 atom stereocenters. The third-order valence-corrected chi connectivity index (χ3v) is 3.73. The largest absolute Gasteiger partial charge is 0.494 e. The Kier molecular flexibility index (Phi) is 3.50. The molecule has 1 aliphatic rings. The van der Waals surface area contributed by atoms with Gasteiger partial charge in [0.2, 0.25) is 0 Å². The van der Waals surface area contributed by atoms with Gasteiger partial charge in [0, 0.05) is 5.92 Å². The number of rotatable bonds is 5. The van der Waals surface area contributed by atoms with Crippen LogP contribution in [0.15, 0.2) is 24.3 Å². The molecule has 0 aliphatic heterocycles. The zero-order chi connectivity index (χ0) is 13.9. The lowest BCUT2D eigenvalue weighted by Crippen LogP contribution is -2.15. The molecule has 104 valence electrons. The first-order chi connectivity index (χ1) is 9.83. The first-order valence-corrected chi connectivity index (χ1v) is 6.97. The highest BCUT2D eigenvalue weighted by molar-refractivity contribution is 5.74. The highest BCUT2D eigenvalue weighted by Crippen LogP contribution is 2.38. The Morgan fingerprint density at radius 3 is 2.65 bits per heavy atom. The van der Waals surface area contributed by atoms with Crippen molar-refractivity contribution in [1.82, 2.24) is 15.0 Å². The third-order valence-electron chi connectivity index (χ3n) is 3.73. The molecule has 1 fully saturated rings. The molecule has 0 amide bonds. The number of aldehydes is 1. The molecular weight excluding hydrogens is 254 g/mol. The van der Waals surface area contributed by atoms with Crippen LogP contribution in [0.25, 0.3) is 5.69 Å². The number of benzene rings is 1. The van der Waals surface area contributed by atoms with Crippen LogP contribution >= 0.6 is 0 Å². The van der Waals surface area contributed by atoms with E-state index in [1.165, 1.54) is 6.42 Å². The van der Waals surface area contributed by atoms with E-state index in [9.17, 15) is 4.79 Å². The number of hydrogen-bond donors (Lipinski definition) is 0. The SMILES string of the molecule is CCOc1ccc(-n2nnc(C=O)c2C2CCC2)cc1.